The maximum absolute atomic E-state index is 13.0. The second-order valence-electron chi connectivity index (χ2n) is 9.87. The number of nitrogens with zero attached hydrogens (tertiary/aromatic N) is 2. The first-order chi connectivity index (χ1) is 18.6. The molecule has 8 nitrogen and oxygen atoms in total. The molecule has 1 saturated carbocycles. The van der Waals surface area contributed by atoms with Gasteiger partial charge in [0.15, 0.2) is 0 Å². The highest BCUT2D eigenvalue weighted by Crippen LogP contribution is 2.41. The molecule has 2 aliphatic rings. The average molecular weight is 516 g/mol. The minimum atomic E-state index is -0.651. The van der Waals surface area contributed by atoms with Gasteiger partial charge in [-0.25, -0.2) is 0 Å². The number of aromatic nitrogens is 1. The normalized spacial score (nSPS) is 15.3. The fourth-order valence-corrected chi connectivity index (χ4v) is 4.87. The van der Waals surface area contributed by atoms with Crippen molar-refractivity contribution in [1.29, 1.82) is 0 Å². The lowest BCUT2D eigenvalue weighted by Gasteiger charge is -2.22. The summed E-state index contributed by atoms with van der Waals surface area (Å²) in [6.07, 6.45) is 5.22. The third kappa shape index (κ3) is 5.64. The third-order valence-corrected chi connectivity index (χ3v) is 7.20. The van der Waals surface area contributed by atoms with E-state index in [1.807, 2.05) is 30.3 Å². The van der Waals surface area contributed by atoms with Gasteiger partial charge in [0.05, 0.1) is 31.3 Å². The van der Waals surface area contributed by atoms with Gasteiger partial charge in [-0.2, -0.15) is 0 Å². The van der Waals surface area contributed by atoms with Gasteiger partial charge >= 0.3 is 0 Å². The molecule has 2 aromatic carbocycles. The number of aldehydes is 1. The zero-order valence-electron chi connectivity index (χ0n) is 21.7. The van der Waals surface area contributed by atoms with Crippen molar-refractivity contribution in [2.75, 3.05) is 20.3 Å². The van der Waals surface area contributed by atoms with Gasteiger partial charge in [-0.3, -0.25) is 14.6 Å². The van der Waals surface area contributed by atoms with Crippen LogP contribution in [0, 0.1) is 0 Å². The van der Waals surface area contributed by atoms with Gasteiger partial charge in [-0.15, -0.1) is 0 Å². The van der Waals surface area contributed by atoms with Crippen molar-refractivity contribution in [3.63, 3.8) is 0 Å². The Bertz CT molecular complexity index is 1340. The molecular formula is C30H33N3O5. The number of pyridine rings is 1. The van der Waals surface area contributed by atoms with Gasteiger partial charge in [0.1, 0.15) is 17.8 Å². The first-order valence-electron chi connectivity index (χ1n) is 13.3. The number of rotatable bonds is 13. The van der Waals surface area contributed by atoms with Crippen molar-refractivity contribution >= 4 is 29.0 Å². The van der Waals surface area contributed by atoms with Gasteiger partial charge in [0, 0.05) is 47.7 Å². The Morgan fingerprint density at radius 2 is 1.87 bits per heavy atom. The molecule has 38 heavy (non-hydrogen) atoms. The summed E-state index contributed by atoms with van der Waals surface area (Å²) in [5.74, 6) is 1.74. The Hall–Kier alpha value is -3.94. The molecule has 8 heteroatoms. The van der Waals surface area contributed by atoms with Crippen LogP contribution < -0.4 is 14.8 Å². The Balaban J connectivity index is 1.14. The molecule has 1 aliphatic heterocycles. The first-order valence-corrected chi connectivity index (χ1v) is 13.3. The van der Waals surface area contributed by atoms with Gasteiger partial charge in [-0.05, 0) is 56.4 Å². The van der Waals surface area contributed by atoms with Crippen LogP contribution in [0.4, 0.5) is 0 Å². The number of fused-ring (bicyclic) bond motifs is 2. The largest absolute Gasteiger partial charge is 0.493 e. The summed E-state index contributed by atoms with van der Waals surface area (Å²) in [5, 5.41) is 3.58. The second-order valence-corrected chi connectivity index (χ2v) is 9.87. The molecule has 0 bridgehead atoms. The van der Waals surface area contributed by atoms with Gasteiger partial charge in [-0.1, -0.05) is 18.2 Å². The number of benzene rings is 2. The molecule has 1 aliphatic carbocycles. The van der Waals surface area contributed by atoms with Crippen LogP contribution in [0.5, 0.6) is 11.5 Å². The lowest BCUT2D eigenvalue weighted by molar-refractivity contribution is -0.121. The molecule has 2 amide bonds. The van der Waals surface area contributed by atoms with Crippen LogP contribution in [-0.4, -0.2) is 54.3 Å². The van der Waals surface area contributed by atoms with E-state index >= 15 is 0 Å². The number of amides is 2. The highest BCUT2D eigenvalue weighted by atomic mass is 16.5. The molecule has 1 atom stereocenters. The zero-order valence-corrected chi connectivity index (χ0v) is 21.7. The molecule has 5 rings (SSSR count). The van der Waals surface area contributed by atoms with Gasteiger partial charge in [0.25, 0.3) is 5.91 Å². The van der Waals surface area contributed by atoms with Crippen molar-refractivity contribution in [2.24, 2.45) is 0 Å². The summed E-state index contributed by atoms with van der Waals surface area (Å²) in [4.78, 5) is 42.6. The first kappa shape index (κ1) is 25.7. The highest BCUT2D eigenvalue weighted by molar-refractivity contribution is 6.00. The monoisotopic (exact) mass is 515 g/mol. The zero-order chi connectivity index (χ0) is 26.5. The Kier molecular flexibility index (Phi) is 7.86. The summed E-state index contributed by atoms with van der Waals surface area (Å²) in [5.41, 5.74) is 3.43. The molecule has 0 radical (unpaired) electrons. The van der Waals surface area contributed by atoms with E-state index in [2.05, 4.69) is 11.4 Å². The maximum atomic E-state index is 13.0. The summed E-state index contributed by atoms with van der Waals surface area (Å²) < 4.78 is 12.2. The fraction of sp³-hybridized carbons (Fsp3) is 0.400. The van der Waals surface area contributed by atoms with E-state index in [1.165, 1.54) is 17.7 Å². The molecule has 0 saturated heterocycles. The van der Waals surface area contributed by atoms with Crippen LogP contribution in [0.15, 0.2) is 48.5 Å². The summed E-state index contributed by atoms with van der Waals surface area (Å²) in [6, 6.07) is 14.9. The topological polar surface area (TPSA) is 97.8 Å². The van der Waals surface area contributed by atoms with E-state index in [9.17, 15) is 14.4 Å². The van der Waals surface area contributed by atoms with Crippen LogP contribution in [0.25, 0.3) is 10.9 Å². The number of unbranched alkanes of at least 4 members (excludes halogenated alkanes) is 1. The Morgan fingerprint density at radius 3 is 2.61 bits per heavy atom. The number of carbonyl (C=O) groups excluding carboxylic acids is 3. The summed E-state index contributed by atoms with van der Waals surface area (Å²) >= 11 is 0. The second kappa shape index (κ2) is 11.6. The number of nitrogens with one attached hydrogen (secondary N) is 1. The van der Waals surface area contributed by atoms with E-state index in [4.69, 9.17) is 14.5 Å². The Morgan fingerprint density at radius 1 is 1.11 bits per heavy atom. The number of hydrogen-bond acceptors (Lipinski definition) is 6. The van der Waals surface area contributed by atoms with Crippen LogP contribution in [0.3, 0.4) is 0 Å². The molecule has 198 valence electrons. The molecule has 2 heterocycles. The van der Waals surface area contributed by atoms with Crippen molar-refractivity contribution in [2.45, 2.75) is 57.0 Å². The highest BCUT2D eigenvalue weighted by Gasteiger charge is 2.34. The molecule has 1 aromatic heterocycles. The quantitative estimate of drug-likeness (QED) is 0.268. The van der Waals surface area contributed by atoms with Crippen LogP contribution in [-0.2, 0) is 16.1 Å². The smallest absolute Gasteiger partial charge is 0.255 e. The van der Waals surface area contributed by atoms with Crippen molar-refractivity contribution in [3.8, 4) is 11.5 Å². The standard InChI is InChI=1S/C30H33N3O5/c1-31-29(35)14-13-21(19-34)33-18-24-22(30(33)36)8-6-10-27(24)37-15-4-5-16-38-28-17-26(20-11-12-20)32-25-9-3-2-7-23(25)28/h2-3,6-10,17,19-21H,4-5,11-16,18H2,1H3,(H,31,35). The third-order valence-electron chi connectivity index (χ3n) is 7.20. The minimum Gasteiger partial charge on any atom is -0.493 e. The number of ether oxygens (including phenoxy) is 2. The van der Waals surface area contributed by atoms with E-state index in [-0.39, 0.29) is 24.7 Å². The predicted molar refractivity (Wildman–Crippen MR) is 143 cm³/mol. The average Bonchev–Trinajstić information content (AvgIpc) is 3.74. The molecular weight excluding hydrogens is 482 g/mol. The maximum Gasteiger partial charge on any atom is 0.255 e. The van der Waals surface area contributed by atoms with E-state index < -0.39 is 6.04 Å². The van der Waals surface area contributed by atoms with Crippen molar-refractivity contribution in [3.05, 3.63) is 65.4 Å². The van der Waals surface area contributed by atoms with Crippen molar-refractivity contribution < 1.29 is 23.9 Å². The van der Waals surface area contributed by atoms with Gasteiger partial charge < -0.3 is 24.5 Å². The van der Waals surface area contributed by atoms with Gasteiger partial charge in [0.2, 0.25) is 5.91 Å². The van der Waals surface area contributed by atoms with E-state index in [0.29, 0.717) is 37.0 Å². The fourth-order valence-electron chi connectivity index (χ4n) is 4.87. The number of hydrogen-bond donors (Lipinski definition) is 1. The van der Waals surface area contributed by atoms with Crippen molar-refractivity contribution in [1.82, 2.24) is 15.2 Å². The molecule has 1 unspecified atom stereocenters. The molecule has 1 N–H and O–H groups in total. The van der Waals surface area contributed by atoms with E-state index in [1.54, 1.807) is 19.2 Å². The minimum absolute atomic E-state index is 0.158. The lowest BCUT2D eigenvalue weighted by atomic mass is 10.1. The molecule has 0 spiro atoms. The molecule has 3 aromatic rings. The van der Waals surface area contributed by atoms with Crippen LogP contribution >= 0.6 is 0 Å². The van der Waals surface area contributed by atoms with Crippen LogP contribution in [0.2, 0.25) is 0 Å². The SMILES string of the molecule is CNC(=O)CCC(C=O)N1Cc2c(OCCCCOc3cc(C4CC4)nc4ccccc34)cccc2C1=O. The van der Waals surface area contributed by atoms with Crippen LogP contribution in [0.1, 0.15) is 66.1 Å². The summed E-state index contributed by atoms with van der Waals surface area (Å²) in [6.45, 7) is 1.36. The lowest BCUT2D eigenvalue weighted by Crippen LogP contribution is -2.37. The number of carbonyl (C=O) groups is 3. The number of para-hydroxylation sites is 1. The summed E-state index contributed by atoms with van der Waals surface area (Å²) in [7, 11) is 1.55. The Labute approximate surface area is 222 Å². The molecule has 1 fully saturated rings. The van der Waals surface area contributed by atoms with E-state index in [0.717, 1.165) is 47.0 Å². The predicted octanol–water partition coefficient (Wildman–Crippen LogP) is 4.40.